The first-order valence-corrected chi connectivity index (χ1v) is 16.3. The molecule has 9 nitrogen and oxygen atoms in total. The summed E-state index contributed by atoms with van der Waals surface area (Å²) >= 11 is 1.69. The number of thiazole rings is 1. The number of fused-ring (bicyclic) bond motifs is 1. The van der Waals surface area contributed by atoms with E-state index in [1.807, 2.05) is 60.7 Å². The highest BCUT2D eigenvalue weighted by atomic mass is 32.1. The second-order valence-electron chi connectivity index (χ2n) is 10.9. The van der Waals surface area contributed by atoms with E-state index >= 15 is 0 Å². The van der Waals surface area contributed by atoms with Gasteiger partial charge in [-0.15, -0.1) is 11.3 Å². The molecule has 0 saturated heterocycles. The van der Waals surface area contributed by atoms with Crippen molar-refractivity contribution in [3.8, 4) is 45.1 Å². The summed E-state index contributed by atoms with van der Waals surface area (Å²) in [6, 6.07) is 26.0. The maximum atomic E-state index is 6.17. The average molecular weight is 655 g/mol. The van der Waals surface area contributed by atoms with E-state index in [4.69, 9.17) is 38.2 Å². The van der Waals surface area contributed by atoms with Crippen LogP contribution in [0.4, 0.5) is 0 Å². The number of methoxy groups -OCH3 is 4. The van der Waals surface area contributed by atoms with Crippen molar-refractivity contribution in [2.45, 2.75) is 31.8 Å². The van der Waals surface area contributed by atoms with Crippen molar-refractivity contribution in [1.29, 1.82) is 0 Å². The monoisotopic (exact) mass is 654 g/mol. The van der Waals surface area contributed by atoms with Crippen LogP contribution in [0.2, 0.25) is 0 Å². The lowest BCUT2D eigenvalue weighted by Gasteiger charge is -2.15. The molecule has 2 heterocycles. The number of unbranched alkanes of at least 4 members (excludes halogenated alkanes) is 2. The third-order valence-corrected chi connectivity index (χ3v) is 9.00. The second kappa shape index (κ2) is 15.1. The first-order chi connectivity index (χ1) is 23.1. The van der Waals surface area contributed by atoms with Crippen LogP contribution in [0.3, 0.4) is 0 Å². The summed E-state index contributed by atoms with van der Waals surface area (Å²) in [5.74, 6) is 3.87. The number of aromatic nitrogens is 1. The van der Waals surface area contributed by atoms with Gasteiger partial charge in [0.05, 0.1) is 57.6 Å². The van der Waals surface area contributed by atoms with E-state index in [0.29, 0.717) is 48.4 Å². The molecule has 4 aromatic carbocycles. The van der Waals surface area contributed by atoms with Crippen LogP contribution in [0.15, 0.2) is 84.0 Å². The van der Waals surface area contributed by atoms with Crippen molar-refractivity contribution in [2.75, 3.05) is 41.7 Å². The molecule has 1 aliphatic rings. The van der Waals surface area contributed by atoms with E-state index in [1.54, 1.807) is 39.8 Å². The third kappa shape index (κ3) is 7.38. The predicted molar refractivity (Wildman–Crippen MR) is 184 cm³/mol. The summed E-state index contributed by atoms with van der Waals surface area (Å²) in [6.45, 7) is 1.20. The Morgan fingerprint density at radius 1 is 0.702 bits per heavy atom. The van der Waals surface area contributed by atoms with Gasteiger partial charge >= 0.3 is 0 Å². The van der Waals surface area contributed by atoms with Crippen LogP contribution < -0.4 is 28.4 Å². The Kier molecular flexibility index (Phi) is 10.3. The minimum atomic E-state index is -0.261. The molecule has 1 aliphatic heterocycles. The van der Waals surface area contributed by atoms with E-state index in [-0.39, 0.29) is 6.10 Å². The van der Waals surface area contributed by atoms with Crippen LogP contribution in [0.5, 0.6) is 34.5 Å². The normalized spacial score (nSPS) is 14.0. The topological polar surface area (TPSA) is 89.9 Å². The van der Waals surface area contributed by atoms with Gasteiger partial charge in [-0.25, -0.2) is 4.98 Å². The van der Waals surface area contributed by atoms with Gasteiger partial charge in [-0.3, -0.25) is 0 Å². The Hall–Kier alpha value is -4.96. The molecule has 1 unspecified atom stereocenters. The number of nitrogens with zero attached hydrogens (tertiary/aromatic N) is 2. The molecule has 0 radical (unpaired) electrons. The molecule has 5 aromatic rings. The first kappa shape index (κ1) is 32.0. The van der Waals surface area contributed by atoms with Gasteiger partial charge in [0.2, 0.25) is 5.75 Å². The lowest BCUT2D eigenvalue weighted by atomic mass is 9.99. The van der Waals surface area contributed by atoms with Gasteiger partial charge in [-0.2, -0.15) is 0 Å². The molecule has 0 spiro atoms. The van der Waals surface area contributed by atoms with Gasteiger partial charge in [0.15, 0.2) is 29.1 Å². The molecule has 0 fully saturated rings. The summed E-state index contributed by atoms with van der Waals surface area (Å²) in [4.78, 5) is 10.6. The number of para-hydroxylation sites is 1. The lowest BCUT2D eigenvalue weighted by Crippen LogP contribution is -2.05. The van der Waals surface area contributed by atoms with E-state index < -0.39 is 0 Å². The summed E-state index contributed by atoms with van der Waals surface area (Å²) in [7, 11) is 6.41. The number of hydrogen-bond acceptors (Lipinski definition) is 10. The average Bonchev–Trinajstić information content (AvgIpc) is 3.79. The maximum absolute atomic E-state index is 6.17. The molecule has 1 aromatic heterocycles. The molecule has 47 heavy (non-hydrogen) atoms. The Morgan fingerprint density at radius 3 is 2.21 bits per heavy atom. The van der Waals surface area contributed by atoms with E-state index in [1.165, 1.54) is 4.70 Å². The van der Waals surface area contributed by atoms with Crippen LogP contribution in [-0.2, 0) is 4.84 Å². The van der Waals surface area contributed by atoms with Gasteiger partial charge in [-0.05, 0) is 73.4 Å². The number of hydrogen-bond donors (Lipinski definition) is 0. The highest BCUT2D eigenvalue weighted by molar-refractivity contribution is 7.21. The molecule has 10 heteroatoms. The van der Waals surface area contributed by atoms with Gasteiger partial charge in [0, 0.05) is 17.5 Å². The largest absolute Gasteiger partial charge is 0.494 e. The summed E-state index contributed by atoms with van der Waals surface area (Å²) in [5.41, 5.74) is 4.68. The standard InChI is InChI=1S/C37H38N2O7S/c1-40-30-16-15-24(31-23-29(39-46-31)26-21-33(41-2)36(43-4)34(22-26)42-3)20-32(30)45-18-9-5-8-17-44-27-12-10-11-25(19-27)37-38-28-13-6-7-14-35(28)47-37/h6-7,10-16,19-22,31H,5,8-9,17-18,23H2,1-4H3. The zero-order valence-corrected chi connectivity index (χ0v) is 27.8. The number of oxime groups is 1. The highest BCUT2D eigenvalue weighted by Crippen LogP contribution is 2.41. The fourth-order valence-electron chi connectivity index (χ4n) is 5.45. The van der Waals surface area contributed by atoms with E-state index in [2.05, 4.69) is 23.4 Å². The third-order valence-electron chi connectivity index (χ3n) is 7.92. The van der Waals surface area contributed by atoms with Crippen molar-refractivity contribution in [1.82, 2.24) is 4.98 Å². The Morgan fingerprint density at radius 2 is 1.47 bits per heavy atom. The van der Waals surface area contributed by atoms with Gasteiger partial charge in [0.25, 0.3) is 0 Å². The molecule has 244 valence electrons. The van der Waals surface area contributed by atoms with Crippen molar-refractivity contribution >= 4 is 27.3 Å². The molecule has 0 amide bonds. The van der Waals surface area contributed by atoms with E-state index in [0.717, 1.165) is 57.9 Å². The number of benzene rings is 4. The smallest absolute Gasteiger partial charge is 0.203 e. The van der Waals surface area contributed by atoms with Gasteiger partial charge in [0.1, 0.15) is 10.8 Å². The predicted octanol–water partition coefficient (Wildman–Crippen LogP) is 8.49. The Balaban J connectivity index is 0.983. The quantitative estimate of drug-likeness (QED) is 0.104. The molecular formula is C37H38N2O7S. The number of rotatable bonds is 15. The maximum Gasteiger partial charge on any atom is 0.203 e. The minimum absolute atomic E-state index is 0.261. The van der Waals surface area contributed by atoms with Crippen LogP contribution in [0.1, 0.15) is 42.9 Å². The SMILES string of the molecule is COc1ccc(C2CC(c3cc(OC)c(OC)c(OC)c3)=NO2)cc1OCCCCCOc1cccc(-c2nc3ccccc3s2)c1. The van der Waals surface area contributed by atoms with Gasteiger partial charge < -0.3 is 33.3 Å². The molecule has 0 aliphatic carbocycles. The van der Waals surface area contributed by atoms with Crippen LogP contribution in [0.25, 0.3) is 20.8 Å². The van der Waals surface area contributed by atoms with Crippen molar-refractivity contribution in [2.24, 2.45) is 5.16 Å². The minimum Gasteiger partial charge on any atom is -0.494 e. The Labute approximate surface area is 278 Å². The lowest BCUT2D eigenvalue weighted by molar-refractivity contribution is 0.0854. The van der Waals surface area contributed by atoms with Crippen LogP contribution >= 0.6 is 11.3 Å². The fourth-order valence-corrected chi connectivity index (χ4v) is 6.41. The zero-order chi connectivity index (χ0) is 32.6. The summed E-state index contributed by atoms with van der Waals surface area (Å²) in [5, 5.41) is 5.37. The van der Waals surface area contributed by atoms with Crippen molar-refractivity contribution in [3.63, 3.8) is 0 Å². The van der Waals surface area contributed by atoms with Crippen molar-refractivity contribution < 1.29 is 33.3 Å². The second-order valence-corrected chi connectivity index (χ2v) is 12.0. The molecule has 0 saturated carbocycles. The first-order valence-electron chi connectivity index (χ1n) is 15.5. The van der Waals surface area contributed by atoms with Crippen molar-refractivity contribution in [3.05, 3.63) is 90.0 Å². The molecule has 6 rings (SSSR count). The zero-order valence-electron chi connectivity index (χ0n) is 27.0. The Bertz CT molecular complexity index is 1800. The molecular weight excluding hydrogens is 616 g/mol. The summed E-state index contributed by atoms with van der Waals surface area (Å²) < 4.78 is 35.5. The molecule has 1 atom stereocenters. The van der Waals surface area contributed by atoms with E-state index in [9.17, 15) is 0 Å². The summed E-state index contributed by atoms with van der Waals surface area (Å²) in [6.07, 6.45) is 3.09. The van der Waals surface area contributed by atoms with Gasteiger partial charge in [-0.1, -0.05) is 35.5 Å². The molecule has 0 N–H and O–H groups in total. The fraction of sp³-hybridized carbons (Fsp3) is 0.297. The molecule has 0 bridgehead atoms. The van der Waals surface area contributed by atoms with Crippen LogP contribution in [0, 0.1) is 0 Å². The number of ether oxygens (including phenoxy) is 6. The van der Waals surface area contributed by atoms with Crippen LogP contribution in [-0.4, -0.2) is 52.3 Å². The highest BCUT2D eigenvalue weighted by Gasteiger charge is 2.27.